The number of carbonyl (C=O) groups excluding carboxylic acids is 1. The fourth-order valence-corrected chi connectivity index (χ4v) is 4.88. The van der Waals surface area contributed by atoms with Gasteiger partial charge in [-0.1, -0.05) is 127 Å². The molecule has 0 unspecified atom stereocenters. The molecule has 0 bridgehead atoms. The average molecular weight is 459 g/mol. The molecule has 174 valence electrons. The van der Waals surface area contributed by atoms with Crippen molar-refractivity contribution >= 4 is 11.6 Å². The van der Waals surface area contributed by atoms with Crippen molar-refractivity contribution in [3.05, 3.63) is 149 Å². The minimum Gasteiger partial charge on any atom is -0.327 e. The zero-order chi connectivity index (χ0) is 23.9. The van der Waals surface area contributed by atoms with E-state index in [1.807, 2.05) is 41.3 Å². The molecule has 1 aliphatic heterocycles. The van der Waals surface area contributed by atoms with Crippen LogP contribution in [0.3, 0.4) is 0 Å². The molecule has 0 radical (unpaired) electrons. The molecule has 35 heavy (non-hydrogen) atoms. The second-order valence-electron chi connectivity index (χ2n) is 8.90. The van der Waals surface area contributed by atoms with Crippen molar-refractivity contribution in [1.82, 2.24) is 10.2 Å². The van der Waals surface area contributed by atoms with Crippen LogP contribution >= 0.6 is 0 Å². The van der Waals surface area contributed by atoms with Crippen LogP contribution in [0.15, 0.2) is 127 Å². The van der Waals surface area contributed by atoms with Gasteiger partial charge in [0.2, 0.25) is 0 Å². The lowest BCUT2D eigenvalue weighted by Gasteiger charge is -2.32. The summed E-state index contributed by atoms with van der Waals surface area (Å²) in [6.45, 7) is 1.42. The largest absolute Gasteiger partial charge is 0.327 e. The van der Waals surface area contributed by atoms with E-state index < -0.39 is 0 Å². The van der Waals surface area contributed by atoms with E-state index in [0.717, 1.165) is 24.0 Å². The van der Waals surface area contributed by atoms with E-state index >= 15 is 0 Å². The Morgan fingerprint density at radius 3 is 1.43 bits per heavy atom. The first kappa shape index (κ1) is 22.7. The summed E-state index contributed by atoms with van der Waals surface area (Å²) >= 11 is 0. The van der Waals surface area contributed by atoms with Gasteiger partial charge in [-0.05, 0) is 40.7 Å². The second-order valence-corrected chi connectivity index (χ2v) is 8.90. The Kier molecular flexibility index (Phi) is 7.05. The van der Waals surface area contributed by atoms with Gasteiger partial charge in [-0.2, -0.15) is 0 Å². The molecule has 0 spiro atoms. The third kappa shape index (κ3) is 5.36. The predicted octanol–water partition coefficient (Wildman–Crippen LogP) is 7.08. The van der Waals surface area contributed by atoms with Gasteiger partial charge in [0.1, 0.15) is 0 Å². The van der Waals surface area contributed by atoms with Crippen molar-refractivity contribution in [3.8, 4) is 0 Å². The van der Waals surface area contributed by atoms with E-state index in [1.54, 1.807) is 0 Å². The smallest absolute Gasteiger partial charge is 0.318 e. The van der Waals surface area contributed by atoms with E-state index in [4.69, 9.17) is 0 Å². The zero-order valence-electron chi connectivity index (χ0n) is 19.8. The van der Waals surface area contributed by atoms with Crippen LogP contribution in [0.5, 0.6) is 0 Å². The average Bonchev–Trinajstić information content (AvgIpc) is 2.94. The number of piperidine rings is 1. The topological polar surface area (TPSA) is 32.3 Å². The summed E-state index contributed by atoms with van der Waals surface area (Å²) in [5.41, 5.74) is 7.35. The summed E-state index contributed by atoms with van der Waals surface area (Å²) in [5.74, 6) is 0. The molecule has 0 aliphatic carbocycles. The number of likely N-dealkylation sites (tertiary alicyclic amines) is 1. The van der Waals surface area contributed by atoms with Crippen LogP contribution in [-0.2, 0) is 0 Å². The molecule has 3 heteroatoms. The highest BCUT2D eigenvalue weighted by atomic mass is 16.2. The third-order valence-corrected chi connectivity index (χ3v) is 6.67. The lowest BCUT2D eigenvalue weighted by molar-refractivity contribution is 0.191. The highest BCUT2D eigenvalue weighted by Crippen LogP contribution is 2.32. The Morgan fingerprint density at radius 1 is 0.600 bits per heavy atom. The predicted molar refractivity (Wildman–Crippen MR) is 143 cm³/mol. The molecule has 0 atom stereocenters. The van der Waals surface area contributed by atoms with E-state index in [0.29, 0.717) is 13.1 Å². The second kappa shape index (κ2) is 10.9. The summed E-state index contributed by atoms with van der Waals surface area (Å²) in [4.78, 5) is 15.3. The van der Waals surface area contributed by atoms with E-state index in [9.17, 15) is 4.79 Å². The number of hydrogen-bond donors (Lipinski definition) is 1. The van der Waals surface area contributed by atoms with Crippen molar-refractivity contribution in [2.45, 2.75) is 18.9 Å². The molecule has 1 aliphatic rings. The molecule has 5 rings (SSSR count). The number of hydrogen-bond acceptors (Lipinski definition) is 1. The van der Waals surface area contributed by atoms with Gasteiger partial charge < -0.3 is 10.2 Å². The van der Waals surface area contributed by atoms with Gasteiger partial charge in [0.25, 0.3) is 0 Å². The number of carbonyl (C=O) groups is 1. The SMILES string of the molecule is O=C(NC(c1ccccc1)c1ccccc1)N1CCC(=C(c2ccccc2)c2ccccc2)CC1. The summed E-state index contributed by atoms with van der Waals surface area (Å²) in [7, 11) is 0. The molecular formula is C32H30N2O. The molecule has 1 fully saturated rings. The maximum Gasteiger partial charge on any atom is 0.318 e. The number of benzene rings is 4. The molecule has 0 aromatic heterocycles. The maximum absolute atomic E-state index is 13.4. The Morgan fingerprint density at radius 2 is 1.00 bits per heavy atom. The van der Waals surface area contributed by atoms with Gasteiger partial charge in [-0.15, -0.1) is 0 Å². The molecule has 4 aromatic carbocycles. The highest BCUT2D eigenvalue weighted by Gasteiger charge is 2.25. The lowest BCUT2D eigenvalue weighted by atomic mass is 9.88. The fraction of sp³-hybridized carbons (Fsp3) is 0.156. The molecule has 4 aromatic rings. The van der Waals surface area contributed by atoms with Crippen molar-refractivity contribution in [3.63, 3.8) is 0 Å². The number of urea groups is 1. The number of rotatable bonds is 5. The molecule has 2 amide bonds. The van der Waals surface area contributed by atoms with Gasteiger partial charge >= 0.3 is 6.03 Å². The van der Waals surface area contributed by atoms with Gasteiger partial charge in [-0.3, -0.25) is 0 Å². The van der Waals surface area contributed by atoms with Gasteiger partial charge in [-0.25, -0.2) is 4.79 Å². The van der Waals surface area contributed by atoms with Crippen LogP contribution in [0.25, 0.3) is 5.57 Å². The quantitative estimate of drug-likeness (QED) is 0.340. The monoisotopic (exact) mass is 458 g/mol. The van der Waals surface area contributed by atoms with Crippen LogP contribution in [0, 0.1) is 0 Å². The highest BCUT2D eigenvalue weighted by molar-refractivity contribution is 5.83. The lowest BCUT2D eigenvalue weighted by Crippen LogP contribution is -2.44. The van der Waals surface area contributed by atoms with E-state index in [-0.39, 0.29) is 12.1 Å². The number of amides is 2. The van der Waals surface area contributed by atoms with Gasteiger partial charge in [0.05, 0.1) is 6.04 Å². The van der Waals surface area contributed by atoms with Crippen LogP contribution in [0.2, 0.25) is 0 Å². The minimum absolute atomic E-state index is 0.0114. The Bertz CT molecular complexity index is 1180. The number of nitrogens with one attached hydrogen (secondary N) is 1. The normalized spacial score (nSPS) is 13.5. The molecular weight excluding hydrogens is 428 g/mol. The molecule has 1 saturated heterocycles. The summed E-state index contributed by atoms with van der Waals surface area (Å²) < 4.78 is 0. The van der Waals surface area contributed by atoms with Gasteiger partial charge in [0.15, 0.2) is 0 Å². The molecule has 0 saturated carbocycles. The standard InChI is InChI=1S/C32H30N2O/c35-32(33-31(28-17-9-3-10-18-28)29-19-11-4-12-20-29)34-23-21-27(22-24-34)30(25-13-5-1-6-14-25)26-15-7-2-8-16-26/h1-20,31H,21-24H2,(H,33,35). The molecule has 1 N–H and O–H groups in total. The van der Waals surface area contributed by atoms with Crippen molar-refractivity contribution in [2.75, 3.05) is 13.1 Å². The summed E-state index contributed by atoms with van der Waals surface area (Å²) in [6.07, 6.45) is 1.74. The molecule has 3 nitrogen and oxygen atoms in total. The van der Waals surface area contributed by atoms with Crippen LogP contribution in [0.1, 0.15) is 41.1 Å². The van der Waals surface area contributed by atoms with E-state index in [1.165, 1.54) is 22.3 Å². The maximum atomic E-state index is 13.4. The first-order valence-electron chi connectivity index (χ1n) is 12.3. The summed E-state index contributed by atoms with van der Waals surface area (Å²) in [5, 5.41) is 3.30. The zero-order valence-corrected chi connectivity index (χ0v) is 19.8. The van der Waals surface area contributed by atoms with Crippen LogP contribution < -0.4 is 5.32 Å². The van der Waals surface area contributed by atoms with Crippen LogP contribution in [-0.4, -0.2) is 24.0 Å². The summed E-state index contributed by atoms with van der Waals surface area (Å²) in [6, 6.07) is 41.4. The Hall–Kier alpha value is -4.11. The molecule has 1 heterocycles. The Labute approximate surface area is 207 Å². The first-order chi connectivity index (χ1) is 17.3. The van der Waals surface area contributed by atoms with Crippen molar-refractivity contribution < 1.29 is 4.79 Å². The van der Waals surface area contributed by atoms with Crippen LogP contribution in [0.4, 0.5) is 4.79 Å². The van der Waals surface area contributed by atoms with Crippen molar-refractivity contribution in [1.29, 1.82) is 0 Å². The Balaban J connectivity index is 1.35. The van der Waals surface area contributed by atoms with E-state index in [2.05, 4.69) is 90.2 Å². The van der Waals surface area contributed by atoms with Gasteiger partial charge in [0, 0.05) is 13.1 Å². The fourth-order valence-electron chi connectivity index (χ4n) is 4.88. The number of nitrogens with zero attached hydrogens (tertiary/aromatic N) is 1. The third-order valence-electron chi connectivity index (χ3n) is 6.67. The minimum atomic E-state index is -0.175. The van der Waals surface area contributed by atoms with Crippen molar-refractivity contribution in [2.24, 2.45) is 0 Å². The first-order valence-corrected chi connectivity index (χ1v) is 12.3.